The first-order valence-corrected chi connectivity index (χ1v) is 3.79. The summed E-state index contributed by atoms with van der Waals surface area (Å²) in [4.78, 5) is 10.6. The zero-order chi connectivity index (χ0) is 8.27. The van der Waals surface area contributed by atoms with Crippen LogP contribution in [0.25, 0.3) is 0 Å². The molecule has 1 unspecified atom stereocenters. The predicted molar refractivity (Wildman–Crippen MR) is 43.6 cm³/mol. The standard InChI is InChI=1S/C8H12N2O/c1-3-6(2)7-4-5-8(11)10-9-7/h4-6H,3H2,1-2H3,(H,10,11). The van der Waals surface area contributed by atoms with Crippen LogP contribution >= 0.6 is 0 Å². The van der Waals surface area contributed by atoms with Gasteiger partial charge in [0, 0.05) is 6.07 Å². The molecule has 1 heterocycles. The van der Waals surface area contributed by atoms with Gasteiger partial charge in [0.05, 0.1) is 5.69 Å². The van der Waals surface area contributed by atoms with Crippen LogP contribution < -0.4 is 5.56 Å². The molecule has 0 saturated carbocycles. The SMILES string of the molecule is CCC(C)c1ccc(=O)[nH]n1. The minimum absolute atomic E-state index is 0.142. The molecule has 1 aromatic rings. The van der Waals surface area contributed by atoms with Gasteiger partial charge in [0.15, 0.2) is 0 Å². The predicted octanol–water partition coefficient (Wildman–Crippen LogP) is 1.28. The first-order chi connectivity index (χ1) is 5.24. The van der Waals surface area contributed by atoms with Gasteiger partial charge >= 0.3 is 0 Å². The van der Waals surface area contributed by atoms with Crippen molar-refractivity contribution in [1.82, 2.24) is 10.2 Å². The molecule has 0 fully saturated rings. The molecule has 0 aromatic carbocycles. The second kappa shape index (κ2) is 3.32. The second-order valence-electron chi connectivity index (χ2n) is 2.66. The third-order valence-electron chi connectivity index (χ3n) is 1.82. The Balaban J connectivity index is 2.89. The van der Waals surface area contributed by atoms with Gasteiger partial charge in [-0.05, 0) is 18.4 Å². The fourth-order valence-corrected chi connectivity index (χ4v) is 0.839. The van der Waals surface area contributed by atoms with Gasteiger partial charge in [0.2, 0.25) is 0 Å². The van der Waals surface area contributed by atoms with E-state index < -0.39 is 0 Å². The maximum absolute atomic E-state index is 10.6. The Morgan fingerprint density at radius 2 is 2.36 bits per heavy atom. The number of aromatic amines is 1. The highest BCUT2D eigenvalue weighted by atomic mass is 16.1. The van der Waals surface area contributed by atoms with Crippen molar-refractivity contribution in [2.24, 2.45) is 0 Å². The van der Waals surface area contributed by atoms with Crippen LogP contribution in [-0.4, -0.2) is 10.2 Å². The highest BCUT2D eigenvalue weighted by molar-refractivity contribution is 5.04. The van der Waals surface area contributed by atoms with Gasteiger partial charge in [0.1, 0.15) is 0 Å². The van der Waals surface area contributed by atoms with Crippen LogP contribution in [0.3, 0.4) is 0 Å². The van der Waals surface area contributed by atoms with Crippen LogP contribution in [0.4, 0.5) is 0 Å². The fraction of sp³-hybridized carbons (Fsp3) is 0.500. The van der Waals surface area contributed by atoms with Crippen molar-refractivity contribution in [3.8, 4) is 0 Å². The number of aromatic nitrogens is 2. The van der Waals surface area contributed by atoms with E-state index in [1.807, 2.05) is 0 Å². The van der Waals surface area contributed by atoms with Crippen LogP contribution in [-0.2, 0) is 0 Å². The number of hydrogen-bond acceptors (Lipinski definition) is 2. The third kappa shape index (κ3) is 1.90. The molecule has 0 amide bonds. The molecule has 3 nitrogen and oxygen atoms in total. The van der Waals surface area contributed by atoms with Crippen LogP contribution in [0.2, 0.25) is 0 Å². The summed E-state index contributed by atoms with van der Waals surface area (Å²) in [5.74, 6) is 0.423. The Labute approximate surface area is 65.5 Å². The average molecular weight is 152 g/mol. The van der Waals surface area contributed by atoms with E-state index in [0.29, 0.717) is 5.92 Å². The molecule has 3 heteroatoms. The van der Waals surface area contributed by atoms with Crippen LogP contribution in [0.5, 0.6) is 0 Å². The van der Waals surface area contributed by atoms with Gasteiger partial charge in [-0.15, -0.1) is 0 Å². The molecular weight excluding hydrogens is 140 g/mol. The minimum Gasteiger partial charge on any atom is -0.268 e. The summed E-state index contributed by atoms with van der Waals surface area (Å²) in [6, 6.07) is 3.28. The molecule has 0 aliphatic heterocycles. The number of nitrogens with zero attached hydrogens (tertiary/aromatic N) is 1. The molecule has 60 valence electrons. The lowest BCUT2D eigenvalue weighted by atomic mass is 10.1. The molecule has 1 N–H and O–H groups in total. The maximum atomic E-state index is 10.6. The summed E-state index contributed by atoms with van der Waals surface area (Å²) in [5.41, 5.74) is 0.809. The van der Waals surface area contributed by atoms with Crippen molar-refractivity contribution in [2.45, 2.75) is 26.2 Å². The van der Waals surface area contributed by atoms with Gasteiger partial charge in [-0.25, -0.2) is 5.10 Å². The van der Waals surface area contributed by atoms with E-state index in [0.717, 1.165) is 12.1 Å². The van der Waals surface area contributed by atoms with Crippen molar-refractivity contribution < 1.29 is 0 Å². The summed E-state index contributed by atoms with van der Waals surface area (Å²) >= 11 is 0. The summed E-state index contributed by atoms with van der Waals surface area (Å²) in [6.07, 6.45) is 1.04. The van der Waals surface area contributed by atoms with E-state index in [4.69, 9.17) is 0 Å². The normalized spacial score (nSPS) is 12.9. The summed E-state index contributed by atoms with van der Waals surface area (Å²) in [7, 11) is 0. The fourth-order valence-electron chi connectivity index (χ4n) is 0.839. The minimum atomic E-state index is -0.142. The highest BCUT2D eigenvalue weighted by Gasteiger charge is 2.02. The first kappa shape index (κ1) is 7.98. The molecule has 0 saturated heterocycles. The van der Waals surface area contributed by atoms with Crippen molar-refractivity contribution in [1.29, 1.82) is 0 Å². The Kier molecular flexibility index (Phi) is 2.41. The largest absolute Gasteiger partial charge is 0.268 e. The van der Waals surface area contributed by atoms with Crippen LogP contribution in [0.1, 0.15) is 31.9 Å². The Hall–Kier alpha value is -1.12. The third-order valence-corrected chi connectivity index (χ3v) is 1.82. The smallest absolute Gasteiger partial charge is 0.264 e. The lowest BCUT2D eigenvalue weighted by Crippen LogP contribution is -2.08. The second-order valence-corrected chi connectivity index (χ2v) is 2.66. The molecule has 0 aliphatic carbocycles. The zero-order valence-corrected chi connectivity index (χ0v) is 6.79. The number of H-pyrrole nitrogens is 1. The molecule has 0 aliphatic rings. The van der Waals surface area contributed by atoms with Crippen molar-refractivity contribution in [3.63, 3.8) is 0 Å². The van der Waals surface area contributed by atoms with Gasteiger partial charge in [-0.1, -0.05) is 13.8 Å². The van der Waals surface area contributed by atoms with E-state index in [9.17, 15) is 4.79 Å². The van der Waals surface area contributed by atoms with E-state index in [1.54, 1.807) is 6.07 Å². The van der Waals surface area contributed by atoms with Crippen molar-refractivity contribution >= 4 is 0 Å². The molecule has 0 radical (unpaired) electrons. The summed E-state index contributed by atoms with van der Waals surface area (Å²) < 4.78 is 0. The van der Waals surface area contributed by atoms with Gasteiger partial charge < -0.3 is 0 Å². The molecule has 1 aromatic heterocycles. The van der Waals surface area contributed by atoms with Gasteiger partial charge in [0.25, 0.3) is 5.56 Å². The monoisotopic (exact) mass is 152 g/mol. The molecule has 0 bridgehead atoms. The first-order valence-electron chi connectivity index (χ1n) is 3.79. The van der Waals surface area contributed by atoms with Crippen molar-refractivity contribution in [3.05, 3.63) is 28.2 Å². The van der Waals surface area contributed by atoms with E-state index in [1.165, 1.54) is 6.07 Å². The molecular formula is C8H12N2O. The number of rotatable bonds is 2. The van der Waals surface area contributed by atoms with Crippen LogP contribution in [0.15, 0.2) is 16.9 Å². The molecule has 0 spiro atoms. The van der Waals surface area contributed by atoms with E-state index >= 15 is 0 Å². The maximum Gasteiger partial charge on any atom is 0.264 e. The molecule has 1 rings (SSSR count). The molecule has 11 heavy (non-hydrogen) atoms. The molecule has 1 atom stereocenters. The highest BCUT2D eigenvalue weighted by Crippen LogP contribution is 2.12. The topological polar surface area (TPSA) is 45.8 Å². The Bertz CT molecular complexity index is 259. The Morgan fingerprint density at radius 3 is 2.82 bits per heavy atom. The van der Waals surface area contributed by atoms with E-state index in [2.05, 4.69) is 24.0 Å². The van der Waals surface area contributed by atoms with Gasteiger partial charge in [-0.2, -0.15) is 5.10 Å². The number of nitrogens with one attached hydrogen (secondary N) is 1. The lowest BCUT2D eigenvalue weighted by molar-refractivity contribution is 0.687. The average Bonchev–Trinajstić information content (AvgIpc) is 2.05. The summed E-state index contributed by atoms with van der Waals surface area (Å²) in [6.45, 7) is 4.18. The zero-order valence-electron chi connectivity index (χ0n) is 6.79. The lowest BCUT2D eigenvalue weighted by Gasteiger charge is -2.04. The quantitative estimate of drug-likeness (QED) is 0.693. The van der Waals surface area contributed by atoms with Gasteiger partial charge in [-0.3, -0.25) is 4.79 Å². The Morgan fingerprint density at radius 1 is 1.64 bits per heavy atom. The number of hydrogen-bond donors (Lipinski definition) is 1. The van der Waals surface area contributed by atoms with E-state index in [-0.39, 0.29) is 5.56 Å². The summed E-state index contributed by atoms with van der Waals surface area (Å²) in [5, 5.41) is 6.32. The van der Waals surface area contributed by atoms with Crippen LogP contribution in [0, 0.1) is 0 Å². The van der Waals surface area contributed by atoms with Crippen molar-refractivity contribution in [2.75, 3.05) is 0 Å².